The number of hydrogen-bond donors (Lipinski definition) is 3. The number of nitrogens with one attached hydrogen (secondary N) is 1. The maximum absolute atomic E-state index is 11.7. The quantitative estimate of drug-likeness (QED) is 0.516. The van der Waals surface area contributed by atoms with E-state index in [4.69, 9.17) is 37.5 Å². The Bertz CT molecular complexity index is 1030. The van der Waals surface area contributed by atoms with Gasteiger partial charge in [0.25, 0.3) is 5.91 Å². The smallest absolute Gasteiger partial charge is 0.271 e. The number of aliphatic imine (C=N–C) groups is 1. The third-order valence-corrected chi connectivity index (χ3v) is 5.21. The van der Waals surface area contributed by atoms with Crippen LogP contribution in [0.15, 0.2) is 35.3 Å². The van der Waals surface area contributed by atoms with Crippen LogP contribution in [0.5, 0.6) is 5.75 Å². The molecule has 1 saturated heterocycles. The van der Waals surface area contributed by atoms with Crippen LogP contribution in [-0.4, -0.2) is 48.2 Å². The second-order valence-electron chi connectivity index (χ2n) is 7.22. The Morgan fingerprint density at radius 1 is 1.31 bits per heavy atom. The second kappa shape index (κ2) is 10.9. The van der Waals surface area contributed by atoms with Crippen molar-refractivity contribution in [3.8, 4) is 5.75 Å². The maximum atomic E-state index is 11.7. The van der Waals surface area contributed by atoms with Gasteiger partial charge in [0, 0.05) is 36.3 Å². The summed E-state index contributed by atoms with van der Waals surface area (Å²) in [5.74, 6) is -0.241. The van der Waals surface area contributed by atoms with Crippen LogP contribution < -0.4 is 21.5 Å². The summed E-state index contributed by atoms with van der Waals surface area (Å²) in [6.07, 6.45) is 4.44. The lowest BCUT2D eigenvalue weighted by Gasteiger charge is -2.19. The highest BCUT2D eigenvalue weighted by molar-refractivity contribution is 6.29. The van der Waals surface area contributed by atoms with Gasteiger partial charge in [-0.1, -0.05) is 24.6 Å². The zero-order valence-corrected chi connectivity index (χ0v) is 18.9. The van der Waals surface area contributed by atoms with Crippen LogP contribution in [0.2, 0.25) is 5.15 Å². The zero-order chi connectivity index (χ0) is 23.1. The first-order chi connectivity index (χ1) is 15.4. The van der Waals surface area contributed by atoms with Gasteiger partial charge in [-0.2, -0.15) is 0 Å². The molecule has 0 atom stereocenters. The number of carbonyl (C=O) groups excluding carboxylic acids is 1. The van der Waals surface area contributed by atoms with Crippen molar-refractivity contribution in [1.82, 2.24) is 10.2 Å². The Morgan fingerprint density at radius 3 is 2.72 bits per heavy atom. The summed E-state index contributed by atoms with van der Waals surface area (Å²) in [6.45, 7) is 3.50. The Morgan fingerprint density at radius 2 is 2.06 bits per heavy atom. The molecule has 0 bridgehead atoms. The van der Waals surface area contributed by atoms with Gasteiger partial charge in [-0.05, 0) is 37.5 Å². The standard InChI is InChI=1S/C22H27ClN6O3/c1-3-13(26-14-7-9-32-10-8-14)11-16(24)15-5-4-6-17(21(15)31-2)27-18-12-19(23)28-29-20(18)22(25)30/h4-6,11-12,14H,3,7-10,24H2,1-2H3,(H2,25,30)(H,27,28). The van der Waals surface area contributed by atoms with Crippen LogP contribution in [0.25, 0.3) is 5.70 Å². The van der Waals surface area contributed by atoms with Crippen LogP contribution in [0.4, 0.5) is 11.4 Å². The van der Waals surface area contributed by atoms with Crippen molar-refractivity contribution in [3.63, 3.8) is 0 Å². The number of carbonyl (C=O) groups is 1. The number of aromatic nitrogens is 2. The van der Waals surface area contributed by atoms with Gasteiger partial charge in [-0.25, -0.2) is 0 Å². The topological polar surface area (TPSA) is 138 Å². The van der Waals surface area contributed by atoms with Gasteiger partial charge in [0.05, 0.1) is 24.5 Å². The van der Waals surface area contributed by atoms with E-state index in [2.05, 4.69) is 15.5 Å². The highest BCUT2D eigenvalue weighted by Crippen LogP contribution is 2.35. The average Bonchev–Trinajstić information content (AvgIpc) is 2.79. The zero-order valence-electron chi connectivity index (χ0n) is 18.1. The number of primary amides is 1. The number of anilines is 2. The van der Waals surface area contributed by atoms with Crippen molar-refractivity contribution in [2.75, 3.05) is 25.6 Å². The molecule has 0 spiro atoms. The van der Waals surface area contributed by atoms with Crippen molar-refractivity contribution in [3.05, 3.63) is 46.8 Å². The van der Waals surface area contributed by atoms with Crippen molar-refractivity contribution in [2.45, 2.75) is 32.2 Å². The Kier molecular flexibility index (Phi) is 8.02. The Hall–Kier alpha value is -3.17. The van der Waals surface area contributed by atoms with Crippen LogP contribution in [0.3, 0.4) is 0 Å². The Balaban J connectivity index is 1.94. The summed E-state index contributed by atoms with van der Waals surface area (Å²) in [7, 11) is 1.54. The molecule has 1 aliphatic rings. The van der Waals surface area contributed by atoms with E-state index in [-0.39, 0.29) is 16.9 Å². The summed E-state index contributed by atoms with van der Waals surface area (Å²) < 4.78 is 11.1. The molecule has 10 heteroatoms. The molecule has 9 nitrogen and oxygen atoms in total. The van der Waals surface area contributed by atoms with Crippen LogP contribution in [0, 0.1) is 0 Å². The van der Waals surface area contributed by atoms with E-state index in [0.717, 1.165) is 38.2 Å². The second-order valence-corrected chi connectivity index (χ2v) is 7.61. The average molecular weight is 459 g/mol. The molecule has 0 saturated carbocycles. The van der Waals surface area contributed by atoms with E-state index in [1.807, 2.05) is 25.1 Å². The van der Waals surface area contributed by atoms with Crippen molar-refractivity contribution < 1.29 is 14.3 Å². The molecule has 5 N–H and O–H groups in total. The summed E-state index contributed by atoms with van der Waals surface area (Å²) in [4.78, 5) is 16.6. The minimum atomic E-state index is -0.733. The molecule has 0 radical (unpaired) electrons. The first-order valence-electron chi connectivity index (χ1n) is 10.3. The number of nitrogens with two attached hydrogens (primary N) is 2. The summed E-state index contributed by atoms with van der Waals surface area (Å²) in [5.41, 5.74) is 14.8. The fraction of sp³-hybridized carbons (Fsp3) is 0.364. The largest absolute Gasteiger partial charge is 0.494 e. The minimum absolute atomic E-state index is 0.0396. The third kappa shape index (κ3) is 5.74. The predicted octanol–water partition coefficient (Wildman–Crippen LogP) is 3.31. The van der Waals surface area contributed by atoms with E-state index in [1.54, 1.807) is 13.2 Å². The van der Waals surface area contributed by atoms with Crippen molar-refractivity contribution >= 4 is 40.3 Å². The maximum Gasteiger partial charge on any atom is 0.271 e. The molecule has 2 heterocycles. The fourth-order valence-corrected chi connectivity index (χ4v) is 3.56. The number of para-hydroxylation sites is 1. The monoisotopic (exact) mass is 458 g/mol. The lowest BCUT2D eigenvalue weighted by Crippen LogP contribution is -2.20. The van der Waals surface area contributed by atoms with Gasteiger partial charge in [0.2, 0.25) is 0 Å². The van der Waals surface area contributed by atoms with Gasteiger partial charge in [-0.15, -0.1) is 10.2 Å². The van der Waals surface area contributed by atoms with Gasteiger partial charge in [0.1, 0.15) is 0 Å². The predicted molar refractivity (Wildman–Crippen MR) is 126 cm³/mol. The summed E-state index contributed by atoms with van der Waals surface area (Å²) in [6, 6.07) is 7.17. The van der Waals surface area contributed by atoms with E-state index in [0.29, 0.717) is 28.4 Å². The third-order valence-electron chi connectivity index (χ3n) is 5.02. The molecule has 1 aromatic carbocycles. The van der Waals surface area contributed by atoms with Gasteiger partial charge >= 0.3 is 0 Å². The number of methoxy groups -OCH3 is 1. The number of benzene rings is 1. The molecule has 170 valence electrons. The van der Waals surface area contributed by atoms with E-state index >= 15 is 0 Å². The number of rotatable bonds is 8. The normalized spacial score (nSPS) is 15.5. The molecule has 0 aliphatic carbocycles. The highest BCUT2D eigenvalue weighted by Gasteiger charge is 2.17. The van der Waals surface area contributed by atoms with Gasteiger partial charge < -0.3 is 26.3 Å². The molecule has 1 aromatic heterocycles. The Labute approximate surface area is 191 Å². The fourth-order valence-electron chi connectivity index (χ4n) is 3.41. The number of halogens is 1. The number of allylic oxidation sites excluding steroid dienone is 1. The van der Waals surface area contributed by atoms with Crippen LogP contribution in [-0.2, 0) is 4.74 Å². The minimum Gasteiger partial charge on any atom is -0.494 e. The molecular formula is C22H27ClN6O3. The first kappa shape index (κ1) is 23.5. The van der Waals surface area contributed by atoms with Gasteiger partial charge in [-0.3, -0.25) is 9.79 Å². The number of hydrogen-bond acceptors (Lipinski definition) is 8. The molecular weight excluding hydrogens is 432 g/mol. The van der Waals surface area contributed by atoms with Crippen LogP contribution in [0.1, 0.15) is 42.2 Å². The van der Waals surface area contributed by atoms with Crippen molar-refractivity contribution in [2.24, 2.45) is 16.5 Å². The number of amides is 1. The highest BCUT2D eigenvalue weighted by atomic mass is 35.5. The van der Waals surface area contributed by atoms with E-state index in [9.17, 15) is 4.79 Å². The summed E-state index contributed by atoms with van der Waals surface area (Å²) in [5, 5.41) is 10.7. The number of nitrogens with zero attached hydrogens (tertiary/aromatic N) is 3. The molecule has 0 unspecified atom stereocenters. The summed E-state index contributed by atoms with van der Waals surface area (Å²) >= 11 is 5.95. The lowest BCUT2D eigenvalue weighted by atomic mass is 10.1. The molecule has 3 rings (SSSR count). The molecule has 1 amide bonds. The van der Waals surface area contributed by atoms with Gasteiger partial charge in [0.15, 0.2) is 16.6 Å². The molecule has 2 aromatic rings. The number of ether oxygens (including phenoxy) is 2. The van der Waals surface area contributed by atoms with E-state index < -0.39 is 5.91 Å². The molecule has 1 aliphatic heterocycles. The van der Waals surface area contributed by atoms with Crippen LogP contribution >= 0.6 is 11.6 Å². The lowest BCUT2D eigenvalue weighted by molar-refractivity contribution is 0.0871. The van der Waals surface area contributed by atoms with E-state index in [1.165, 1.54) is 6.07 Å². The van der Waals surface area contributed by atoms with Crippen molar-refractivity contribution in [1.29, 1.82) is 0 Å². The molecule has 32 heavy (non-hydrogen) atoms. The SMILES string of the molecule is CCC(C=C(N)c1cccc(Nc2cc(Cl)nnc2C(N)=O)c1OC)=NC1CCOCC1. The first-order valence-corrected chi connectivity index (χ1v) is 10.7. The molecule has 1 fully saturated rings.